The molecule has 0 atom stereocenters. The SMILES string of the molecule is CCCCn1c2ccccc2c2cc(/C=C/c3ccc4cccnc4n3)ccc21. The molecule has 0 saturated heterocycles. The standard InChI is InChI=1S/C26H23N3/c1-2-3-17-29-24-9-5-4-8-22(24)23-18-19(11-15-25(23)29)10-13-21-14-12-20-7-6-16-27-26(20)28-21/h4-16,18H,2-3,17H2,1H3/b13-10+. The van der Waals surface area contributed by atoms with Gasteiger partial charge in [0.05, 0.1) is 5.69 Å². The Hall–Kier alpha value is -3.46. The van der Waals surface area contributed by atoms with Crippen molar-refractivity contribution in [2.75, 3.05) is 0 Å². The van der Waals surface area contributed by atoms with E-state index in [0.29, 0.717) is 0 Å². The monoisotopic (exact) mass is 377 g/mol. The molecule has 0 N–H and O–H groups in total. The van der Waals surface area contributed by atoms with Crippen LogP contribution in [0.1, 0.15) is 31.0 Å². The number of pyridine rings is 2. The molecule has 0 bridgehead atoms. The van der Waals surface area contributed by atoms with Crippen LogP contribution >= 0.6 is 0 Å². The highest BCUT2D eigenvalue weighted by molar-refractivity contribution is 6.08. The predicted molar refractivity (Wildman–Crippen MR) is 123 cm³/mol. The van der Waals surface area contributed by atoms with Crippen LogP contribution in [-0.2, 0) is 6.54 Å². The maximum absolute atomic E-state index is 4.64. The minimum atomic E-state index is 0.782. The fourth-order valence-electron chi connectivity index (χ4n) is 3.97. The number of benzene rings is 2. The van der Waals surface area contributed by atoms with Crippen molar-refractivity contribution in [1.29, 1.82) is 0 Å². The van der Waals surface area contributed by atoms with Crippen molar-refractivity contribution in [3.05, 3.63) is 84.2 Å². The lowest BCUT2D eigenvalue weighted by Gasteiger charge is -2.06. The molecule has 0 saturated carbocycles. The highest BCUT2D eigenvalue weighted by Gasteiger charge is 2.10. The number of aryl methyl sites for hydroxylation is 1. The molecule has 0 amide bonds. The molecular weight excluding hydrogens is 354 g/mol. The van der Waals surface area contributed by atoms with Crippen LogP contribution in [-0.4, -0.2) is 14.5 Å². The number of nitrogens with zero attached hydrogens (tertiary/aromatic N) is 3. The number of unbranched alkanes of at least 4 members (excludes halogenated alkanes) is 1. The lowest BCUT2D eigenvalue weighted by atomic mass is 10.1. The van der Waals surface area contributed by atoms with Crippen LogP contribution in [0.5, 0.6) is 0 Å². The van der Waals surface area contributed by atoms with Gasteiger partial charge in [0.1, 0.15) is 0 Å². The van der Waals surface area contributed by atoms with E-state index in [-0.39, 0.29) is 0 Å². The molecule has 0 aliphatic heterocycles. The van der Waals surface area contributed by atoms with Crippen molar-refractivity contribution in [3.8, 4) is 0 Å². The zero-order valence-electron chi connectivity index (χ0n) is 16.5. The summed E-state index contributed by atoms with van der Waals surface area (Å²) in [6.07, 6.45) is 8.37. The molecule has 5 aromatic rings. The number of hydrogen-bond donors (Lipinski definition) is 0. The Bertz CT molecular complexity index is 1340. The predicted octanol–water partition coefficient (Wildman–Crippen LogP) is 6.71. The van der Waals surface area contributed by atoms with E-state index in [0.717, 1.165) is 23.3 Å². The van der Waals surface area contributed by atoms with Crippen LogP contribution in [0.25, 0.3) is 45.0 Å². The fraction of sp³-hybridized carbons (Fsp3) is 0.154. The summed E-state index contributed by atoms with van der Waals surface area (Å²) in [5.41, 5.74) is 5.51. The van der Waals surface area contributed by atoms with Crippen molar-refractivity contribution in [1.82, 2.24) is 14.5 Å². The summed E-state index contributed by atoms with van der Waals surface area (Å²) in [6.45, 7) is 3.30. The summed E-state index contributed by atoms with van der Waals surface area (Å²) >= 11 is 0. The molecule has 2 aromatic carbocycles. The van der Waals surface area contributed by atoms with Gasteiger partial charge in [0, 0.05) is 39.9 Å². The second-order valence-electron chi connectivity index (χ2n) is 7.42. The second kappa shape index (κ2) is 7.51. The van der Waals surface area contributed by atoms with Crippen molar-refractivity contribution in [2.45, 2.75) is 26.3 Å². The van der Waals surface area contributed by atoms with E-state index in [1.807, 2.05) is 18.2 Å². The number of aromatic nitrogens is 3. The Balaban J connectivity index is 1.55. The molecule has 3 aromatic heterocycles. The molecular formula is C26H23N3. The largest absolute Gasteiger partial charge is 0.340 e. The van der Waals surface area contributed by atoms with Gasteiger partial charge in [0.15, 0.2) is 5.65 Å². The third-order valence-corrected chi connectivity index (χ3v) is 5.46. The zero-order valence-corrected chi connectivity index (χ0v) is 16.5. The minimum Gasteiger partial charge on any atom is -0.340 e. The highest BCUT2D eigenvalue weighted by Crippen LogP contribution is 2.30. The third kappa shape index (κ3) is 3.29. The van der Waals surface area contributed by atoms with Gasteiger partial charge in [0.25, 0.3) is 0 Å². The Morgan fingerprint density at radius 2 is 1.76 bits per heavy atom. The lowest BCUT2D eigenvalue weighted by molar-refractivity contribution is 0.665. The number of para-hydroxylation sites is 1. The summed E-state index contributed by atoms with van der Waals surface area (Å²) in [5, 5.41) is 3.69. The van der Waals surface area contributed by atoms with E-state index in [4.69, 9.17) is 0 Å². The Labute approximate surface area is 170 Å². The maximum atomic E-state index is 4.64. The normalized spacial score (nSPS) is 11.9. The molecule has 5 rings (SSSR count). The zero-order chi connectivity index (χ0) is 19.6. The van der Waals surface area contributed by atoms with E-state index < -0.39 is 0 Å². The molecule has 29 heavy (non-hydrogen) atoms. The smallest absolute Gasteiger partial charge is 0.159 e. The van der Waals surface area contributed by atoms with E-state index in [1.54, 1.807) is 6.20 Å². The van der Waals surface area contributed by atoms with Crippen LogP contribution in [0.3, 0.4) is 0 Å². The number of rotatable bonds is 5. The Kier molecular flexibility index (Phi) is 4.57. The van der Waals surface area contributed by atoms with Gasteiger partial charge in [-0.3, -0.25) is 0 Å². The molecule has 3 heterocycles. The Morgan fingerprint density at radius 1 is 0.862 bits per heavy atom. The molecule has 0 aliphatic carbocycles. The topological polar surface area (TPSA) is 30.7 Å². The van der Waals surface area contributed by atoms with Crippen LogP contribution < -0.4 is 0 Å². The summed E-state index contributed by atoms with van der Waals surface area (Å²) in [4.78, 5) is 8.99. The average Bonchev–Trinajstić information content (AvgIpc) is 3.09. The minimum absolute atomic E-state index is 0.782. The molecule has 3 nitrogen and oxygen atoms in total. The van der Waals surface area contributed by atoms with Crippen molar-refractivity contribution < 1.29 is 0 Å². The van der Waals surface area contributed by atoms with Crippen molar-refractivity contribution >= 4 is 45.0 Å². The molecule has 0 unspecified atom stereocenters. The molecule has 142 valence electrons. The summed E-state index contributed by atoms with van der Waals surface area (Å²) < 4.78 is 2.46. The van der Waals surface area contributed by atoms with Gasteiger partial charge in [-0.2, -0.15) is 0 Å². The van der Waals surface area contributed by atoms with E-state index >= 15 is 0 Å². The van der Waals surface area contributed by atoms with E-state index in [2.05, 4.69) is 82.1 Å². The summed E-state index contributed by atoms with van der Waals surface area (Å²) in [5.74, 6) is 0. The number of fused-ring (bicyclic) bond motifs is 4. The number of hydrogen-bond acceptors (Lipinski definition) is 2. The van der Waals surface area contributed by atoms with E-state index in [9.17, 15) is 0 Å². The van der Waals surface area contributed by atoms with Gasteiger partial charge < -0.3 is 4.57 Å². The van der Waals surface area contributed by atoms with Crippen LogP contribution in [0.2, 0.25) is 0 Å². The first-order valence-electron chi connectivity index (χ1n) is 10.2. The van der Waals surface area contributed by atoms with Gasteiger partial charge >= 0.3 is 0 Å². The molecule has 0 spiro atoms. The van der Waals surface area contributed by atoms with Gasteiger partial charge in [-0.1, -0.05) is 43.7 Å². The summed E-state index contributed by atoms with van der Waals surface area (Å²) in [7, 11) is 0. The molecule has 0 aliphatic rings. The van der Waals surface area contributed by atoms with Crippen molar-refractivity contribution in [3.63, 3.8) is 0 Å². The van der Waals surface area contributed by atoms with E-state index in [1.165, 1.54) is 40.2 Å². The third-order valence-electron chi connectivity index (χ3n) is 5.46. The fourth-order valence-corrected chi connectivity index (χ4v) is 3.97. The van der Waals surface area contributed by atoms with Gasteiger partial charge in [-0.15, -0.1) is 0 Å². The van der Waals surface area contributed by atoms with Crippen LogP contribution in [0, 0.1) is 0 Å². The first-order valence-corrected chi connectivity index (χ1v) is 10.2. The molecule has 0 fully saturated rings. The molecule has 3 heteroatoms. The first kappa shape index (κ1) is 17.6. The quantitative estimate of drug-likeness (QED) is 0.341. The highest BCUT2D eigenvalue weighted by atomic mass is 15.0. The van der Waals surface area contributed by atoms with Gasteiger partial charge in [0.2, 0.25) is 0 Å². The molecule has 0 radical (unpaired) electrons. The van der Waals surface area contributed by atoms with Gasteiger partial charge in [-0.25, -0.2) is 9.97 Å². The average molecular weight is 377 g/mol. The summed E-state index contributed by atoms with van der Waals surface area (Å²) in [6, 6.07) is 23.5. The van der Waals surface area contributed by atoms with Crippen molar-refractivity contribution in [2.24, 2.45) is 0 Å². The lowest BCUT2D eigenvalue weighted by Crippen LogP contribution is -1.96. The Morgan fingerprint density at radius 3 is 2.69 bits per heavy atom. The first-order chi connectivity index (χ1) is 14.3. The van der Waals surface area contributed by atoms with Gasteiger partial charge in [-0.05, 0) is 60.5 Å². The van der Waals surface area contributed by atoms with Crippen LogP contribution in [0.15, 0.2) is 72.9 Å². The second-order valence-corrected chi connectivity index (χ2v) is 7.42. The van der Waals surface area contributed by atoms with Crippen LogP contribution in [0.4, 0.5) is 0 Å². The maximum Gasteiger partial charge on any atom is 0.159 e.